The first kappa shape index (κ1) is 14.6. The van der Waals surface area contributed by atoms with Crippen molar-refractivity contribution >= 4 is 0 Å². The van der Waals surface area contributed by atoms with Crippen molar-refractivity contribution in [2.75, 3.05) is 0 Å². The zero-order valence-electron chi connectivity index (χ0n) is 11.6. The Labute approximate surface area is 118 Å². The Bertz CT molecular complexity index is 523. The van der Waals surface area contributed by atoms with E-state index in [1.54, 1.807) is 18.5 Å². The van der Waals surface area contributed by atoms with E-state index in [1.165, 1.54) is 12.1 Å². The van der Waals surface area contributed by atoms with E-state index in [4.69, 9.17) is 5.84 Å². The first-order valence-electron chi connectivity index (χ1n) is 6.80. The molecule has 0 saturated carbocycles. The predicted molar refractivity (Wildman–Crippen MR) is 75.2 cm³/mol. The predicted octanol–water partition coefficient (Wildman–Crippen LogP) is 1.44. The van der Waals surface area contributed by atoms with Crippen molar-refractivity contribution in [1.29, 1.82) is 0 Å². The van der Waals surface area contributed by atoms with Gasteiger partial charge in [-0.05, 0) is 30.5 Å². The summed E-state index contributed by atoms with van der Waals surface area (Å²) in [7, 11) is 0. The summed E-state index contributed by atoms with van der Waals surface area (Å²) in [4.78, 5) is 4.27. The normalized spacial score (nSPS) is 12.6. The third-order valence-corrected chi connectivity index (χ3v) is 3.19. The number of halogens is 1. The number of nitrogens with two attached hydrogens (primary N) is 1. The molecule has 0 aliphatic carbocycles. The number of aryl methyl sites for hydroxylation is 1. The summed E-state index contributed by atoms with van der Waals surface area (Å²) in [5, 5.41) is 4.20. The Kier molecular flexibility index (Phi) is 5.20. The lowest BCUT2D eigenvalue weighted by Gasteiger charge is -2.16. The third-order valence-electron chi connectivity index (χ3n) is 3.19. The van der Waals surface area contributed by atoms with Crippen molar-refractivity contribution in [2.45, 2.75) is 38.8 Å². The van der Waals surface area contributed by atoms with E-state index in [9.17, 15) is 4.39 Å². The number of hydrogen-bond acceptors (Lipinski definition) is 4. The molecule has 0 spiro atoms. The first-order chi connectivity index (χ1) is 9.72. The maximum absolute atomic E-state index is 12.9. The Morgan fingerprint density at radius 3 is 2.70 bits per heavy atom. The molecule has 1 unspecified atom stereocenters. The molecule has 5 nitrogen and oxygen atoms in total. The number of aromatic nitrogens is 3. The van der Waals surface area contributed by atoms with Crippen LogP contribution in [0, 0.1) is 5.82 Å². The first-order valence-corrected chi connectivity index (χ1v) is 6.80. The van der Waals surface area contributed by atoms with Gasteiger partial charge in [-0.3, -0.25) is 16.0 Å². The molecule has 0 fully saturated rings. The van der Waals surface area contributed by atoms with Crippen LogP contribution in [-0.2, 0) is 19.4 Å². The molecular formula is C14H20FN5. The van der Waals surface area contributed by atoms with Crippen LogP contribution in [0.15, 0.2) is 30.6 Å². The largest absolute Gasteiger partial charge is 0.271 e. The number of benzene rings is 1. The SMILES string of the molecule is CCCn1ncnc1CC(Cc1ccc(F)cc1)NN. The van der Waals surface area contributed by atoms with Gasteiger partial charge in [0.2, 0.25) is 0 Å². The fraction of sp³-hybridized carbons (Fsp3) is 0.429. The van der Waals surface area contributed by atoms with Crippen LogP contribution in [0.25, 0.3) is 0 Å². The molecule has 1 heterocycles. The molecule has 6 heteroatoms. The molecule has 0 amide bonds. The van der Waals surface area contributed by atoms with Crippen LogP contribution in [0.4, 0.5) is 4.39 Å². The van der Waals surface area contributed by atoms with Gasteiger partial charge < -0.3 is 0 Å². The fourth-order valence-corrected chi connectivity index (χ4v) is 2.16. The molecule has 1 aromatic carbocycles. The Morgan fingerprint density at radius 2 is 2.05 bits per heavy atom. The van der Waals surface area contributed by atoms with E-state index in [0.29, 0.717) is 6.42 Å². The molecule has 0 bridgehead atoms. The lowest BCUT2D eigenvalue weighted by atomic mass is 10.0. The van der Waals surface area contributed by atoms with Crippen molar-refractivity contribution in [3.8, 4) is 0 Å². The minimum atomic E-state index is -0.228. The van der Waals surface area contributed by atoms with Crippen LogP contribution < -0.4 is 11.3 Å². The average Bonchev–Trinajstić information content (AvgIpc) is 2.88. The maximum Gasteiger partial charge on any atom is 0.138 e. The van der Waals surface area contributed by atoms with Gasteiger partial charge in [-0.2, -0.15) is 5.10 Å². The van der Waals surface area contributed by atoms with Crippen LogP contribution >= 0.6 is 0 Å². The van der Waals surface area contributed by atoms with Gasteiger partial charge >= 0.3 is 0 Å². The zero-order chi connectivity index (χ0) is 14.4. The van der Waals surface area contributed by atoms with Gasteiger partial charge in [0.05, 0.1) is 0 Å². The van der Waals surface area contributed by atoms with Crippen LogP contribution in [0.2, 0.25) is 0 Å². The second kappa shape index (κ2) is 7.12. The lowest BCUT2D eigenvalue weighted by Crippen LogP contribution is -2.39. The lowest BCUT2D eigenvalue weighted by molar-refractivity contribution is 0.482. The molecule has 1 atom stereocenters. The van der Waals surface area contributed by atoms with Crippen molar-refractivity contribution in [1.82, 2.24) is 20.2 Å². The summed E-state index contributed by atoms with van der Waals surface area (Å²) < 4.78 is 14.8. The molecule has 0 saturated heterocycles. The summed E-state index contributed by atoms with van der Waals surface area (Å²) in [5.74, 6) is 6.30. The van der Waals surface area contributed by atoms with Crippen molar-refractivity contribution in [3.05, 3.63) is 47.8 Å². The molecule has 108 valence electrons. The van der Waals surface area contributed by atoms with E-state index in [-0.39, 0.29) is 11.9 Å². The Morgan fingerprint density at radius 1 is 1.30 bits per heavy atom. The molecule has 0 aliphatic heterocycles. The summed E-state index contributed by atoms with van der Waals surface area (Å²) in [6.07, 6.45) is 3.98. The Balaban J connectivity index is 2.01. The van der Waals surface area contributed by atoms with E-state index in [2.05, 4.69) is 22.4 Å². The van der Waals surface area contributed by atoms with E-state index < -0.39 is 0 Å². The van der Waals surface area contributed by atoms with E-state index >= 15 is 0 Å². The summed E-state index contributed by atoms with van der Waals surface area (Å²) in [6, 6.07) is 6.51. The highest BCUT2D eigenvalue weighted by Crippen LogP contribution is 2.09. The number of rotatable bonds is 7. The highest BCUT2D eigenvalue weighted by molar-refractivity contribution is 5.17. The quantitative estimate of drug-likeness (QED) is 0.593. The topological polar surface area (TPSA) is 68.8 Å². The summed E-state index contributed by atoms with van der Waals surface area (Å²) >= 11 is 0. The molecule has 1 aromatic heterocycles. The van der Waals surface area contributed by atoms with Gasteiger partial charge in [0.15, 0.2) is 0 Å². The standard InChI is InChI=1S/C14H20FN5/c1-2-7-20-14(17-10-18-20)9-13(19-16)8-11-3-5-12(15)6-4-11/h3-6,10,13,19H,2,7-9,16H2,1H3. The second-order valence-corrected chi connectivity index (χ2v) is 4.80. The summed E-state index contributed by atoms with van der Waals surface area (Å²) in [6.45, 7) is 2.95. The molecule has 20 heavy (non-hydrogen) atoms. The molecule has 3 N–H and O–H groups in total. The van der Waals surface area contributed by atoms with Gasteiger partial charge in [-0.25, -0.2) is 9.37 Å². The molecule has 2 aromatic rings. The van der Waals surface area contributed by atoms with E-state index in [0.717, 1.165) is 30.8 Å². The van der Waals surface area contributed by atoms with Crippen molar-refractivity contribution in [2.24, 2.45) is 5.84 Å². The fourth-order valence-electron chi connectivity index (χ4n) is 2.16. The van der Waals surface area contributed by atoms with Crippen molar-refractivity contribution in [3.63, 3.8) is 0 Å². The highest BCUT2D eigenvalue weighted by Gasteiger charge is 2.13. The highest BCUT2D eigenvalue weighted by atomic mass is 19.1. The zero-order valence-corrected chi connectivity index (χ0v) is 11.6. The molecule has 0 aliphatic rings. The molecule has 2 rings (SSSR count). The average molecular weight is 277 g/mol. The minimum Gasteiger partial charge on any atom is -0.271 e. The van der Waals surface area contributed by atoms with Crippen LogP contribution in [0.1, 0.15) is 24.7 Å². The van der Waals surface area contributed by atoms with Crippen LogP contribution in [0.5, 0.6) is 0 Å². The summed E-state index contributed by atoms with van der Waals surface area (Å²) in [5.41, 5.74) is 3.84. The number of nitrogens with one attached hydrogen (secondary N) is 1. The van der Waals surface area contributed by atoms with Crippen molar-refractivity contribution < 1.29 is 4.39 Å². The van der Waals surface area contributed by atoms with Gasteiger partial charge in [-0.1, -0.05) is 19.1 Å². The van der Waals surface area contributed by atoms with Crippen LogP contribution in [0.3, 0.4) is 0 Å². The number of hydrazine groups is 1. The van der Waals surface area contributed by atoms with Crippen LogP contribution in [-0.4, -0.2) is 20.8 Å². The second-order valence-electron chi connectivity index (χ2n) is 4.80. The van der Waals surface area contributed by atoms with E-state index in [1.807, 2.05) is 4.68 Å². The molecule has 0 radical (unpaired) electrons. The Hall–Kier alpha value is -1.79. The maximum atomic E-state index is 12.9. The van der Waals surface area contributed by atoms with Gasteiger partial charge in [-0.15, -0.1) is 0 Å². The van der Waals surface area contributed by atoms with Gasteiger partial charge in [0, 0.05) is 19.0 Å². The van der Waals surface area contributed by atoms with Gasteiger partial charge in [0.1, 0.15) is 18.0 Å². The minimum absolute atomic E-state index is 0.0419. The van der Waals surface area contributed by atoms with Gasteiger partial charge in [0.25, 0.3) is 0 Å². The monoisotopic (exact) mass is 277 g/mol. The third kappa shape index (κ3) is 3.85. The smallest absolute Gasteiger partial charge is 0.138 e. The number of nitrogens with zero attached hydrogens (tertiary/aromatic N) is 3. The molecular weight excluding hydrogens is 257 g/mol. The number of hydrogen-bond donors (Lipinski definition) is 2.